The first-order valence-corrected chi connectivity index (χ1v) is 14.4. The summed E-state index contributed by atoms with van der Waals surface area (Å²) >= 11 is 0. The first kappa shape index (κ1) is 27.0. The molecule has 3 heterocycles. The number of tetrazole rings is 1. The van der Waals surface area contributed by atoms with Crippen LogP contribution in [0.3, 0.4) is 0 Å². The third kappa shape index (κ3) is 4.97. The number of carbonyl (C=O) groups is 2. The van der Waals surface area contributed by atoms with Crippen LogP contribution in [0.25, 0.3) is 0 Å². The molecule has 2 saturated heterocycles. The maximum Gasteiger partial charge on any atom is 0.253 e. The third-order valence-corrected chi connectivity index (χ3v) is 8.80. The van der Waals surface area contributed by atoms with Gasteiger partial charge in [0, 0.05) is 25.2 Å². The zero-order valence-corrected chi connectivity index (χ0v) is 22.9. The van der Waals surface area contributed by atoms with Gasteiger partial charge < -0.3 is 15.1 Å². The molecule has 0 spiro atoms. The Morgan fingerprint density at radius 2 is 1.83 bits per heavy atom. The highest BCUT2D eigenvalue weighted by Gasteiger charge is 2.44. The number of H-pyrrole nitrogens is 1. The highest BCUT2D eigenvalue weighted by molar-refractivity contribution is 5.94. The summed E-state index contributed by atoms with van der Waals surface area (Å²) in [4.78, 5) is 29.7. The van der Waals surface area contributed by atoms with Crippen molar-refractivity contribution in [3.05, 3.63) is 75.9 Å². The fourth-order valence-corrected chi connectivity index (χ4v) is 6.79. The quantitative estimate of drug-likeness (QED) is 0.428. The molecular formula is C30H33FN8O2. The zero-order valence-electron chi connectivity index (χ0n) is 22.9. The van der Waals surface area contributed by atoms with Gasteiger partial charge >= 0.3 is 0 Å². The molecule has 2 aliphatic heterocycles. The maximum absolute atomic E-state index is 14.5. The highest BCUT2D eigenvalue weighted by Crippen LogP contribution is 2.46. The topological polar surface area (TPSA) is 131 Å². The van der Waals surface area contributed by atoms with E-state index in [-0.39, 0.29) is 30.2 Å². The van der Waals surface area contributed by atoms with Crippen LogP contribution in [0, 0.1) is 17.1 Å². The van der Waals surface area contributed by atoms with E-state index in [0.717, 1.165) is 54.6 Å². The average Bonchev–Trinajstić information content (AvgIpc) is 3.78. The van der Waals surface area contributed by atoms with E-state index in [1.807, 2.05) is 23.1 Å². The second-order valence-corrected chi connectivity index (χ2v) is 11.1. The summed E-state index contributed by atoms with van der Waals surface area (Å²) < 4.78 is 14.5. The van der Waals surface area contributed by atoms with Gasteiger partial charge in [-0.2, -0.15) is 10.5 Å². The van der Waals surface area contributed by atoms with Crippen molar-refractivity contribution < 1.29 is 14.0 Å². The lowest BCUT2D eigenvalue weighted by atomic mass is 9.69. The van der Waals surface area contributed by atoms with Gasteiger partial charge in [-0.1, -0.05) is 17.3 Å². The zero-order chi connectivity index (χ0) is 28.4. The summed E-state index contributed by atoms with van der Waals surface area (Å²) in [6.45, 7) is 2.66. The first-order valence-electron chi connectivity index (χ1n) is 14.4. The number of halogens is 1. The number of likely N-dealkylation sites (tertiary alicyclic amines) is 2. The average molecular weight is 557 g/mol. The van der Waals surface area contributed by atoms with Gasteiger partial charge in [-0.05, 0) is 98.0 Å². The van der Waals surface area contributed by atoms with Crippen LogP contribution in [0.1, 0.15) is 70.5 Å². The second kappa shape index (κ2) is 11.4. The van der Waals surface area contributed by atoms with Gasteiger partial charge in [0.1, 0.15) is 11.9 Å². The standard InChI is InChI=1S/C30H33FN8O2/c31-23-8-10-26-21(17-23)6-5-20-16-22(28(41)38-13-1-2-14-38)7-9-25(20)30(26,29-34-36-37-35-29)11-12-33-19-27(40)39-15-3-4-24(39)18-32/h7-10,16-17,24,33H,1-6,11-15,19H2,(H,34,35,36,37)/t24-,30?/m0/s1. The van der Waals surface area contributed by atoms with E-state index in [4.69, 9.17) is 0 Å². The minimum atomic E-state index is -0.893. The van der Waals surface area contributed by atoms with E-state index in [0.29, 0.717) is 50.2 Å². The molecule has 3 aromatic rings. The number of amides is 2. The van der Waals surface area contributed by atoms with Gasteiger partial charge in [0.05, 0.1) is 18.0 Å². The normalized spacial score (nSPS) is 21.7. The van der Waals surface area contributed by atoms with E-state index in [1.165, 1.54) is 6.07 Å². The van der Waals surface area contributed by atoms with Crippen molar-refractivity contribution in [1.29, 1.82) is 5.26 Å². The molecule has 0 radical (unpaired) electrons. The molecule has 2 fully saturated rings. The van der Waals surface area contributed by atoms with Gasteiger partial charge in [-0.3, -0.25) is 9.59 Å². The van der Waals surface area contributed by atoms with Crippen LogP contribution in [0.2, 0.25) is 0 Å². The number of fused-ring (bicyclic) bond motifs is 2. The summed E-state index contributed by atoms with van der Waals surface area (Å²) in [5.41, 5.74) is 3.42. The van der Waals surface area contributed by atoms with Crippen molar-refractivity contribution in [3.8, 4) is 6.07 Å². The number of nitriles is 1. The summed E-state index contributed by atoms with van der Waals surface area (Å²) in [7, 11) is 0. The van der Waals surface area contributed by atoms with E-state index >= 15 is 0 Å². The van der Waals surface area contributed by atoms with Crippen molar-refractivity contribution in [1.82, 2.24) is 35.7 Å². The monoisotopic (exact) mass is 556 g/mol. The number of carbonyl (C=O) groups excluding carboxylic acids is 2. The second-order valence-electron chi connectivity index (χ2n) is 11.1. The minimum Gasteiger partial charge on any atom is -0.339 e. The Hall–Kier alpha value is -4.17. The molecule has 1 aromatic heterocycles. The summed E-state index contributed by atoms with van der Waals surface area (Å²) in [6, 6.07) is 12.5. The van der Waals surface area contributed by atoms with Gasteiger partial charge in [-0.15, -0.1) is 10.2 Å². The summed E-state index contributed by atoms with van der Waals surface area (Å²) in [5.74, 6) is 0.0600. The van der Waals surface area contributed by atoms with E-state index in [1.54, 1.807) is 17.0 Å². The molecule has 212 valence electrons. The van der Waals surface area contributed by atoms with Gasteiger partial charge in [-0.25, -0.2) is 4.39 Å². The molecule has 2 aromatic carbocycles. The Morgan fingerprint density at radius 3 is 2.56 bits per heavy atom. The number of rotatable bonds is 7. The lowest BCUT2D eigenvalue weighted by Gasteiger charge is -2.34. The van der Waals surface area contributed by atoms with Crippen molar-refractivity contribution in [2.24, 2.45) is 0 Å². The van der Waals surface area contributed by atoms with Crippen molar-refractivity contribution >= 4 is 11.8 Å². The lowest BCUT2D eigenvalue weighted by Crippen LogP contribution is -2.42. The number of nitrogens with zero attached hydrogens (tertiary/aromatic N) is 6. The Labute approximate surface area is 237 Å². The summed E-state index contributed by atoms with van der Waals surface area (Å²) in [6.07, 6.45) is 5.26. The minimum absolute atomic E-state index is 0.0287. The van der Waals surface area contributed by atoms with Crippen molar-refractivity contribution in [2.45, 2.75) is 56.4 Å². The smallest absolute Gasteiger partial charge is 0.253 e. The van der Waals surface area contributed by atoms with Crippen LogP contribution < -0.4 is 5.32 Å². The van der Waals surface area contributed by atoms with Crippen LogP contribution in [0.4, 0.5) is 4.39 Å². The number of benzene rings is 2. The molecule has 0 bridgehead atoms. The molecule has 2 amide bonds. The predicted octanol–water partition coefficient (Wildman–Crippen LogP) is 2.50. The van der Waals surface area contributed by atoms with Crippen LogP contribution in [-0.2, 0) is 23.1 Å². The number of nitrogens with one attached hydrogen (secondary N) is 2. The van der Waals surface area contributed by atoms with E-state index < -0.39 is 5.41 Å². The number of aryl methyl sites for hydroxylation is 2. The van der Waals surface area contributed by atoms with Gasteiger partial charge in [0.15, 0.2) is 5.82 Å². The number of aromatic nitrogens is 4. The molecule has 2 atom stereocenters. The fourth-order valence-electron chi connectivity index (χ4n) is 6.79. The molecule has 1 aliphatic carbocycles. The van der Waals surface area contributed by atoms with Crippen LogP contribution in [-0.4, -0.2) is 81.0 Å². The molecular weight excluding hydrogens is 523 g/mol. The van der Waals surface area contributed by atoms with Crippen molar-refractivity contribution in [3.63, 3.8) is 0 Å². The van der Waals surface area contributed by atoms with Crippen LogP contribution in [0.15, 0.2) is 36.4 Å². The Morgan fingerprint density at radius 1 is 1.07 bits per heavy atom. The van der Waals surface area contributed by atoms with Crippen LogP contribution in [0.5, 0.6) is 0 Å². The Kier molecular flexibility index (Phi) is 7.49. The molecule has 10 nitrogen and oxygen atoms in total. The largest absolute Gasteiger partial charge is 0.339 e. The van der Waals surface area contributed by atoms with Gasteiger partial charge in [0.25, 0.3) is 5.91 Å². The maximum atomic E-state index is 14.5. The van der Waals surface area contributed by atoms with Gasteiger partial charge in [0.2, 0.25) is 5.91 Å². The van der Waals surface area contributed by atoms with Crippen LogP contribution >= 0.6 is 0 Å². The molecule has 2 N–H and O–H groups in total. The number of hydrogen-bond donors (Lipinski definition) is 2. The van der Waals surface area contributed by atoms with E-state index in [2.05, 4.69) is 32.0 Å². The molecule has 6 rings (SSSR count). The SMILES string of the molecule is N#C[C@@H]1CCCN1C(=O)CNCCC1(c2nn[nH]n2)c2ccc(F)cc2CCc2cc(C(=O)N3CCCC3)ccc21. The lowest BCUT2D eigenvalue weighted by molar-refractivity contribution is -0.130. The first-order chi connectivity index (χ1) is 20.0. The predicted molar refractivity (Wildman–Crippen MR) is 147 cm³/mol. The Bertz CT molecular complexity index is 1480. The molecule has 3 aliphatic rings. The molecule has 1 unspecified atom stereocenters. The molecule has 0 saturated carbocycles. The third-order valence-electron chi connectivity index (χ3n) is 8.80. The fraction of sp³-hybridized carbons (Fsp3) is 0.467. The number of hydrogen-bond acceptors (Lipinski definition) is 7. The van der Waals surface area contributed by atoms with E-state index in [9.17, 15) is 19.2 Å². The highest BCUT2D eigenvalue weighted by atomic mass is 19.1. The Balaban J connectivity index is 1.36. The number of aromatic amines is 1. The summed E-state index contributed by atoms with van der Waals surface area (Å²) in [5, 5.41) is 28.0. The molecule has 41 heavy (non-hydrogen) atoms. The molecule has 11 heteroatoms. The van der Waals surface area contributed by atoms with Crippen molar-refractivity contribution in [2.75, 3.05) is 32.7 Å².